The highest BCUT2D eigenvalue weighted by molar-refractivity contribution is 7.16. The minimum absolute atomic E-state index is 0.0675. The zero-order chi connectivity index (χ0) is 20.4. The number of aliphatic hydroxyl groups excluding tert-OH is 3. The van der Waals surface area contributed by atoms with Crippen LogP contribution in [0.3, 0.4) is 0 Å². The molecule has 13 heteroatoms. The van der Waals surface area contributed by atoms with Gasteiger partial charge in [0.05, 0.1) is 19.8 Å². The summed E-state index contributed by atoms with van der Waals surface area (Å²) < 4.78 is 17.1. The Kier molecular flexibility index (Phi) is 6.10. The minimum atomic E-state index is -1.45. The number of carbonyl (C=O) groups excluding carboxylic acids is 1. The zero-order valence-corrected chi connectivity index (χ0v) is 15.7. The van der Waals surface area contributed by atoms with Crippen LogP contribution in [-0.2, 0) is 14.3 Å². The van der Waals surface area contributed by atoms with Crippen molar-refractivity contribution in [3.8, 4) is 5.88 Å². The fourth-order valence-electron chi connectivity index (χ4n) is 2.77. The Morgan fingerprint density at radius 1 is 1.32 bits per heavy atom. The molecule has 0 aliphatic carbocycles. The lowest BCUT2D eigenvalue weighted by molar-refractivity contribution is -0.141. The van der Waals surface area contributed by atoms with Gasteiger partial charge >= 0.3 is 10.8 Å². The van der Waals surface area contributed by atoms with E-state index >= 15 is 0 Å². The second-order valence-electron chi connectivity index (χ2n) is 6.05. The molecule has 2 aromatic heterocycles. The van der Waals surface area contributed by atoms with Gasteiger partial charge in [0.15, 0.2) is 11.9 Å². The highest BCUT2D eigenvalue weighted by Gasteiger charge is 2.45. The average Bonchev–Trinajstić information content (AvgIpc) is 3.10. The third-order valence-electron chi connectivity index (χ3n) is 4.05. The third-order valence-corrected chi connectivity index (χ3v) is 4.99. The van der Waals surface area contributed by atoms with Crippen LogP contribution in [0, 0.1) is 0 Å². The van der Waals surface area contributed by atoms with E-state index in [-0.39, 0.29) is 35.4 Å². The molecular formula is C15H20N4O8S. The maximum absolute atomic E-state index is 12.5. The molecule has 0 unspecified atom stereocenters. The largest absolute Gasteiger partial charge is 0.476 e. The zero-order valence-electron chi connectivity index (χ0n) is 14.8. The lowest BCUT2D eigenvalue weighted by Gasteiger charge is -2.16. The Bertz CT molecular complexity index is 915. The van der Waals surface area contributed by atoms with Crippen LogP contribution < -0.4 is 15.3 Å². The normalized spacial score (nSPS) is 24.6. The Balaban J connectivity index is 1.88. The van der Waals surface area contributed by atoms with Crippen LogP contribution in [0.1, 0.15) is 19.6 Å². The smallest absolute Gasteiger partial charge is 0.311 e. The predicted octanol–water partition coefficient (Wildman–Crippen LogP) is -1.62. The summed E-state index contributed by atoms with van der Waals surface area (Å²) in [6.45, 7) is 1.09. The molecule has 0 bridgehead atoms. The number of nitrogens with two attached hydrogens (primary N) is 1. The topological polar surface area (TPSA) is 179 Å². The van der Waals surface area contributed by atoms with Crippen molar-refractivity contribution >= 4 is 33.6 Å². The summed E-state index contributed by atoms with van der Waals surface area (Å²) in [5.41, 5.74) is 5.79. The van der Waals surface area contributed by atoms with Crippen LogP contribution in [0.5, 0.6) is 5.88 Å². The Morgan fingerprint density at radius 3 is 2.71 bits per heavy atom. The molecule has 1 fully saturated rings. The maximum atomic E-state index is 12.5. The fraction of sp³-hybridized carbons (Fsp3) is 0.600. The van der Waals surface area contributed by atoms with Gasteiger partial charge in [0.25, 0.3) is 0 Å². The number of ether oxygens (including phenoxy) is 3. The number of hydrogen-bond acceptors (Lipinski definition) is 12. The molecule has 0 aromatic carbocycles. The third kappa shape index (κ3) is 3.93. The van der Waals surface area contributed by atoms with Crippen molar-refractivity contribution in [2.75, 3.05) is 25.6 Å². The van der Waals surface area contributed by atoms with Crippen molar-refractivity contribution < 1.29 is 34.3 Å². The molecule has 154 valence electrons. The summed E-state index contributed by atoms with van der Waals surface area (Å²) >= 11 is 0.763. The van der Waals surface area contributed by atoms with Crippen molar-refractivity contribution in [3.05, 3.63) is 9.67 Å². The summed E-state index contributed by atoms with van der Waals surface area (Å²) in [4.78, 5) is 30.8. The van der Waals surface area contributed by atoms with E-state index < -0.39 is 42.0 Å². The van der Waals surface area contributed by atoms with Crippen LogP contribution in [0.4, 0.5) is 5.95 Å². The van der Waals surface area contributed by atoms with Gasteiger partial charge in [-0.25, -0.2) is 0 Å². The minimum Gasteiger partial charge on any atom is -0.476 e. The molecule has 5 N–H and O–H groups in total. The van der Waals surface area contributed by atoms with Gasteiger partial charge in [-0.2, -0.15) is 9.97 Å². The van der Waals surface area contributed by atoms with E-state index in [1.807, 2.05) is 0 Å². The molecule has 4 atom stereocenters. The monoisotopic (exact) mass is 416 g/mol. The molecule has 1 aliphatic rings. The fourth-order valence-corrected chi connectivity index (χ4v) is 3.66. The highest BCUT2D eigenvalue weighted by atomic mass is 32.1. The molecule has 0 saturated carbocycles. The van der Waals surface area contributed by atoms with E-state index in [4.69, 9.17) is 19.9 Å². The molecule has 3 heterocycles. The number of thiazole rings is 1. The number of aliphatic hydroxyl groups is 3. The van der Waals surface area contributed by atoms with Crippen molar-refractivity contribution in [2.24, 2.45) is 0 Å². The Hall–Kier alpha value is -2.32. The molecule has 28 heavy (non-hydrogen) atoms. The lowest BCUT2D eigenvalue weighted by atomic mass is 10.1. The quantitative estimate of drug-likeness (QED) is 0.301. The first-order valence-corrected chi connectivity index (χ1v) is 9.22. The standard InChI is InChI=1S/C15H20N4O8S/c1-6(21)25-3-2-4-26-12-10-11(17-14(16)18-12)19(15(24)28-10)13-9(23)8(22)7(5-20)27-13/h7-9,13,20,22-23H,2-5H2,1H3,(H2,16,17,18)/t7-,8-,9-,13-/m1/s1. The number of rotatable bonds is 7. The first-order chi connectivity index (χ1) is 13.3. The van der Waals surface area contributed by atoms with E-state index in [0.717, 1.165) is 15.9 Å². The Labute approximate surface area is 162 Å². The van der Waals surface area contributed by atoms with Crippen LogP contribution in [-0.4, -0.2) is 74.0 Å². The molecule has 12 nitrogen and oxygen atoms in total. The van der Waals surface area contributed by atoms with E-state index in [9.17, 15) is 24.9 Å². The second-order valence-corrected chi connectivity index (χ2v) is 7.01. The summed E-state index contributed by atoms with van der Waals surface area (Å²) in [6.07, 6.45) is -4.71. The van der Waals surface area contributed by atoms with Crippen LogP contribution in [0.25, 0.3) is 10.3 Å². The second kappa shape index (κ2) is 8.36. The van der Waals surface area contributed by atoms with Gasteiger partial charge in [0, 0.05) is 13.3 Å². The molecular weight excluding hydrogens is 396 g/mol. The number of nitrogen functional groups attached to an aromatic ring is 1. The van der Waals surface area contributed by atoms with Gasteiger partial charge in [-0.05, 0) is 0 Å². The lowest BCUT2D eigenvalue weighted by Crippen LogP contribution is -2.34. The van der Waals surface area contributed by atoms with Gasteiger partial charge < -0.3 is 35.3 Å². The number of carbonyl (C=O) groups is 1. The molecule has 2 aromatic rings. The van der Waals surface area contributed by atoms with Crippen LogP contribution >= 0.6 is 11.3 Å². The van der Waals surface area contributed by atoms with Gasteiger partial charge in [-0.1, -0.05) is 11.3 Å². The highest BCUT2D eigenvalue weighted by Crippen LogP contribution is 2.34. The number of nitrogens with zero attached hydrogens (tertiary/aromatic N) is 3. The van der Waals surface area contributed by atoms with Crippen molar-refractivity contribution in [3.63, 3.8) is 0 Å². The van der Waals surface area contributed by atoms with Gasteiger partial charge in [-0.3, -0.25) is 14.2 Å². The van der Waals surface area contributed by atoms with E-state index in [1.54, 1.807) is 0 Å². The predicted molar refractivity (Wildman–Crippen MR) is 95.8 cm³/mol. The number of hydrogen-bond donors (Lipinski definition) is 4. The van der Waals surface area contributed by atoms with Gasteiger partial charge in [0.1, 0.15) is 23.0 Å². The summed E-state index contributed by atoms with van der Waals surface area (Å²) in [7, 11) is 0. The van der Waals surface area contributed by atoms with E-state index in [2.05, 4.69) is 9.97 Å². The van der Waals surface area contributed by atoms with E-state index in [1.165, 1.54) is 6.92 Å². The van der Waals surface area contributed by atoms with Crippen LogP contribution in [0.15, 0.2) is 4.79 Å². The molecule has 3 rings (SSSR count). The number of anilines is 1. The molecule has 1 aliphatic heterocycles. The first-order valence-electron chi connectivity index (χ1n) is 8.40. The number of esters is 1. The van der Waals surface area contributed by atoms with Crippen molar-refractivity contribution in [1.29, 1.82) is 0 Å². The van der Waals surface area contributed by atoms with Gasteiger partial charge in [-0.15, -0.1) is 0 Å². The Morgan fingerprint density at radius 2 is 2.07 bits per heavy atom. The van der Waals surface area contributed by atoms with Crippen LogP contribution in [0.2, 0.25) is 0 Å². The van der Waals surface area contributed by atoms with Gasteiger partial charge in [0.2, 0.25) is 11.8 Å². The SMILES string of the molecule is CC(=O)OCCCOc1nc(N)nc2c1sc(=O)n2[C@@H]1O[C@H](CO)[C@@H](O)[C@H]1O. The number of aromatic nitrogens is 3. The molecule has 0 spiro atoms. The van der Waals surface area contributed by atoms with Crippen molar-refractivity contribution in [1.82, 2.24) is 14.5 Å². The average molecular weight is 416 g/mol. The molecule has 1 saturated heterocycles. The number of fused-ring (bicyclic) bond motifs is 1. The molecule has 0 amide bonds. The summed E-state index contributed by atoms with van der Waals surface area (Å²) in [5, 5.41) is 29.4. The van der Waals surface area contributed by atoms with Crippen molar-refractivity contribution in [2.45, 2.75) is 37.9 Å². The first kappa shape index (κ1) is 20.4. The summed E-state index contributed by atoms with van der Waals surface area (Å²) in [6, 6.07) is 0. The molecule has 0 radical (unpaired) electrons. The maximum Gasteiger partial charge on any atom is 0.311 e. The van der Waals surface area contributed by atoms with E-state index in [0.29, 0.717) is 6.42 Å². The summed E-state index contributed by atoms with van der Waals surface area (Å²) in [5.74, 6) is -0.499.